The molecule has 2 aromatic carbocycles. The number of benzene rings is 2. The van der Waals surface area contributed by atoms with E-state index in [1.165, 1.54) is 28.5 Å². The normalized spacial score (nSPS) is 13.7. The molecule has 0 fully saturated rings. The third-order valence-electron chi connectivity index (χ3n) is 5.37. The minimum atomic E-state index is -1.06. The number of carboxylic acid groups (broad SMARTS) is 1. The van der Waals surface area contributed by atoms with Gasteiger partial charge in [-0.05, 0) is 84.2 Å². The average molecular weight is 484 g/mol. The number of carboxylic acids is 1. The molecule has 0 saturated carbocycles. The van der Waals surface area contributed by atoms with Crippen LogP contribution in [0.2, 0.25) is 5.02 Å². The summed E-state index contributed by atoms with van der Waals surface area (Å²) in [6.07, 6.45) is 7.61. The average Bonchev–Trinajstić information content (AvgIpc) is 3.24. The standard InChI is InChI=1S/C24H20BrClN2O2/c25-17-9-8-16(7-4-15-5-10-18(26)11-6-15)21(12-17)19-2-1-3-20(19)22-13-27-14-23(28-22)24(29)30/h5-6,8-14H,1-4,7H2,(H,29,30). The van der Waals surface area contributed by atoms with Crippen molar-refractivity contribution in [3.05, 3.63) is 92.4 Å². The summed E-state index contributed by atoms with van der Waals surface area (Å²) < 4.78 is 1.02. The molecule has 1 heterocycles. The lowest BCUT2D eigenvalue weighted by molar-refractivity contribution is 0.0690. The van der Waals surface area contributed by atoms with Gasteiger partial charge in [0.15, 0.2) is 5.69 Å². The predicted molar refractivity (Wildman–Crippen MR) is 123 cm³/mol. The smallest absolute Gasteiger partial charge is 0.356 e. The Morgan fingerprint density at radius 2 is 1.80 bits per heavy atom. The monoisotopic (exact) mass is 482 g/mol. The zero-order valence-electron chi connectivity index (χ0n) is 16.2. The van der Waals surface area contributed by atoms with Crippen molar-refractivity contribution >= 4 is 44.6 Å². The molecule has 0 bridgehead atoms. The van der Waals surface area contributed by atoms with E-state index >= 15 is 0 Å². The second-order valence-electron chi connectivity index (χ2n) is 7.33. The molecule has 4 rings (SSSR count). The van der Waals surface area contributed by atoms with Gasteiger partial charge in [0.05, 0.1) is 18.1 Å². The first kappa shape index (κ1) is 20.8. The third kappa shape index (κ3) is 4.63. The maximum absolute atomic E-state index is 11.3. The second-order valence-corrected chi connectivity index (χ2v) is 8.69. The van der Waals surface area contributed by atoms with E-state index in [0.29, 0.717) is 5.69 Å². The molecule has 0 unspecified atom stereocenters. The zero-order valence-corrected chi connectivity index (χ0v) is 18.6. The molecule has 0 aliphatic heterocycles. The van der Waals surface area contributed by atoms with E-state index in [-0.39, 0.29) is 5.69 Å². The summed E-state index contributed by atoms with van der Waals surface area (Å²) in [5.74, 6) is -1.06. The molecule has 0 radical (unpaired) electrons. The molecule has 1 aliphatic carbocycles. The molecule has 0 saturated heterocycles. The van der Waals surface area contributed by atoms with Gasteiger partial charge in [0, 0.05) is 9.50 Å². The van der Waals surface area contributed by atoms with Crippen LogP contribution in [0, 0.1) is 0 Å². The van der Waals surface area contributed by atoms with Crippen molar-refractivity contribution in [1.29, 1.82) is 0 Å². The summed E-state index contributed by atoms with van der Waals surface area (Å²) in [6.45, 7) is 0. The summed E-state index contributed by atoms with van der Waals surface area (Å²) in [6, 6.07) is 14.4. The Balaban J connectivity index is 1.70. The summed E-state index contributed by atoms with van der Waals surface area (Å²) in [5.41, 5.74) is 6.68. The lowest BCUT2D eigenvalue weighted by Crippen LogP contribution is -2.04. The fourth-order valence-corrected chi connectivity index (χ4v) is 4.40. The van der Waals surface area contributed by atoms with Crippen LogP contribution in [0.3, 0.4) is 0 Å². The fourth-order valence-electron chi connectivity index (χ4n) is 3.92. The number of aromatic nitrogens is 2. The molecule has 3 aromatic rings. The first-order chi connectivity index (χ1) is 14.5. The van der Waals surface area contributed by atoms with E-state index in [4.69, 9.17) is 11.6 Å². The van der Waals surface area contributed by atoms with Crippen LogP contribution in [0.25, 0.3) is 11.1 Å². The number of carbonyl (C=O) groups is 1. The van der Waals surface area contributed by atoms with Gasteiger partial charge in [-0.2, -0.15) is 0 Å². The zero-order chi connectivity index (χ0) is 21.1. The van der Waals surface area contributed by atoms with E-state index in [1.54, 1.807) is 6.20 Å². The minimum Gasteiger partial charge on any atom is -0.476 e. The van der Waals surface area contributed by atoms with Gasteiger partial charge in [0.2, 0.25) is 0 Å². The Hall–Kier alpha value is -2.50. The van der Waals surface area contributed by atoms with Crippen LogP contribution < -0.4 is 0 Å². The van der Waals surface area contributed by atoms with Gasteiger partial charge < -0.3 is 5.11 Å². The van der Waals surface area contributed by atoms with Crippen molar-refractivity contribution in [3.63, 3.8) is 0 Å². The molecular weight excluding hydrogens is 464 g/mol. The van der Waals surface area contributed by atoms with E-state index in [2.05, 4.69) is 56.2 Å². The van der Waals surface area contributed by atoms with Crippen molar-refractivity contribution in [3.8, 4) is 0 Å². The Kier molecular flexibility index (Phi) is 6.30. The maximum Gasteiger partial charge on any atom is 0.356 e. The topological polar surface area (TPSA) is 63.1 Å². The fraction of sp³-hybridized carbons (Fsp3) is 0.208. The molecule has 0 amide bonds. The summed E-state index contributed by atoms with van der Waals surface area (Å²) in [4.78, 5) is 19.8. The Bertz CT molecular complexity index is 1130. The van der Waals surface area contributed by atoms with Gasteiger partial charge >= 0.3 is 5.97 Å². The molecule has 1 aliphatic rings. The van der Waals surface area contributed by atoms with E-state index in [0.717, 1.165) is 47.2 Å². The molecule has 30 heavy (non-hydrogen) atoms. The lowest BCUT2D eigenvalue weighted by atomic mass is 9.92. The summed E-state index contributed by atoms with van der Waals surface area (Å²) >= 11 is 9.61. The predicted octanol–water partition coefficient (Wildman–Crippen LogP) is 6.47. The van der Waals surface area contributed by atoms with Crippen LogP contribution in [-0.4, -0.2) is 21.0 Å². The van der Waals surface area contributed by atoms with Crippen LogP contribution in [0.5, 0.6) is 0 Å². The maximum atomic E-state index is 11.3. The number of aromatic carboxylic acids is 1. The van der Waals surface area contributed by atoms with Gasteiger partial charge in [-0.25, -0.2) is 9.78 Å². The van der Waals surface area contributed by atoms with Crippen LogP contribution in [0.4, 0.5) is 0 Å². The molecule has 0 atom stereocenters. The molecular formula is C24H20BrClN2O2. The molecule has 6 heteroatoms. The minimum absolute atomic E-state index is 0.0246. The number of hydrogen-bond donors (Lipinski definition) is 1. The van der Waals surface area contributed by atoms with Crippen molar-refractivity contribution in [2.45, 2.75) is 32.1 Å². The Morgan fingerprint density at radius 3 is 2.57 bits per heavy atom. The number of hydrogen-bond acceptors (Lipinski definition) is 3. The molecule has 0 spiro atoms. The lowest BCUT2D eigenvalue weighted by Gasteiger charge is -2.14. The first-order valence-corrected chi connectivity index (χ1v) is 11.0. The largest absolute Gasteiger partial charge is 0.476 e. The summed E-state index contributed by atoms with van der Waals surface area (Å²) in [7, 11) is 0. The SMILES string of the molecule is O=C(O)c1cncc(C2=C(c3cc(Br)ccc3CCc3ccc(Cl)cc3)CCC2)n1. The number of aryl methyl sites for hydroxylation is 2. The van der Waals surface area contributed by atoms with Crippen LogP contribution in [-0.2, 0) is 12.8 Å². The molecule has 1 N–H and O–H groups in total. The van der Waals surface area contributed by atoms with Gasteiger partial charge in [0.1, 0.15) is 0 Å². The summed E-state index contributed by atoms with van der Waals surface area (Å²) in [5, 5.41) is 10.0. The first-order valence-electron chi connectivity index (χ1n) is 9.82. The van der Waals surface area contributed by atoms with Gasteiger partial charge in [-0.3, -0.25) is 4.98 Å². The number of halogens is 2. The Morgan fingerprint density at radius 1 is 1.03 bits per heavy atom. The highest BCUT2D eigenvalue weighted by molar-refractivity contribution is 9.10. The highest BCUT2D eigenvalue weighted by Gasteiger charge is 2.22. The molecule has 152 valence electrons. The van der Waals surface area contributed by atoms with Crippen LogP contribution in [0.15, 0.2) is 59.3 Å². The third-order valence-corrected chi connectivity index (χ3v) is 6.12. The van der Waals surface area contributed by atoms with Crippen LogP contribution >= 0.6 is 27.5 Å². The highest BCUT2D eigenvalue weighted by atomic mass is 79.9. The molecule has 4 nitrogen and oxygen atoms in total. The van der Waals surface area contributed by atoms with Crippen LogP contribution in [0.1, 0.15) is 52.1 Å². The second kappa shape index (κ2) is 9.11. The van der Waals surface area contributed by atoms with E-state index in [1.807, 2.05) is 12.1 Å². The number of allylic oxidation sites excluding steroid dienone is 2. The highest BCUT2D eigenvalue weighted by Crippen LogP contribution is 2.41. The quantitative estimate of drug-likeness (QED) is 0.436. The van der Waals surface area contributed by atoms with Gasteiger partial charge in [-0.15, -0.1) is 0 Å². The van der Waals surface area contributed by atoms with E-state index in [9.17, 15) is 9.90 Å². The number of nitrogens with zero attached hydrogens (tertiary/aromatic N) is 2. The van der Waals surface area contributed by atoms with Gasteiger partial charge in [0.25, 0.3) is 0 Å². The number of rotatable bonds is 6. The van der Waals surface area contributed by atoms with Crippen molar-refractivity contribution in [2.75, 3.05) is 0 Å². The van der Waals surface area contributed by atoms with Gasteiger partial charge in [-0.1, -0.05) is 45.7 Å². The van der Waals surface area contributed by atoms with Crippen molar-refractivity contribution in [2.24, 2.45) is 0 Å². The van der Waals surface area contributed by atoms with Crippen molar-refractivity contribution in [1.82, 2.24) is 9.97 Å². The molecule has 1 aromatic heterocycles. The van der Waals surface area contributed by atoms with Crippen molar-refractivity contribution < 1.29 is 9.90 Å². The van der Waals surface area contributed by atoms with E-state index < -0.39 is 5.97 Å². The Labute approximate surface area is 188 Å².